The number of benzene rings is 2. The van der Waals surface area contributed by atoms with Crippen LogP contribution in [-0.4, -0.2) is 22.9 Å². The molecule has 1 heterocycles. The minimum atomic E-state index is -4.93. The fourth-order valence-corrected chi connectivity index (χ4v) is 5.80. The molecule has 2 aromatic rings. The summed E-state index contributed by atoms with van der Waals surface area (Å²) in [6.07, 6.45) is -4.82. The summed E-state index contributed by atoms with van der Waals surface area (Å²) in [5.41, 5.74) is -0.921. The number of anilines is 1. The molecule has 0 saturated heterocycles. The fraction of sp³-hybridized carbons (Fsp3) is 0.250. The van der Waals surface area contributed by atoms with E-state index in [-0.39, 0.29) is 22.0 Å². The Morgan fingerprint density at radius 2 is 1.75 bits per heavy atom. The van der Waals surface area contributed by atoms with Gasteiger partial charge >= 0.3 is 6.18 Å². The number of nitrogens with two attached hydrogens (primary N) is 1. The largest absolute Gasteiger partial charge is 0.417 e. The summed E-state index contributed by atoms with van der Waals surface area (Å²) in [5, 5.41) is 4.83. The second-order valence-electron chi connectivity index (χ2n) is 6.33. The van der Waals surface area contributed by atoms with Crippen molar-refractivity contribution in [2.24, 2.45) is 5.14 Å². The van der Waals surface area contributed by atoms with E-state index in [2.05, 4.69) is 0 Å². The zero-order chi connectivity index (χ0) is 21.1. The van der Waals surface area contributed by atoms with Crippen molar-refractivity contribution in [2.45, 2.75) is 35.4 Å². The first kappa shape index (κ1) is 20.9. The van der Waals surface area contributed by atoms with Crippen molar-refractivity contribution < 1.29 is 30.0 Å². The molecule has 0 aliphatic carbocycles. The summed E-state index contributed by atoms with van der Waals surface area (Å²) in [6, 6.07) is 5.26. The van der Waals surface area contributed by atoms with Crippen molar-refractivity contribution in [3.05, 3.63) is 52.5 Å². The number of fused-ring (bicyclic) bond motifs is 1. The predicted molar refractivity (Wildman–Crippen MR) is 97.1 cm³/mol. The van der Waals surface area contributed by atoms with Crippen molar-refractivity contribution in [1.82, 2.24) is 0 Å². The number of halogens is 4. The van der Waals surface area contributed by atoms with Gasteiger partial charge in [0.2, 0.25) is 10.0 Å². The monoisotopic (exact) mass is 454 g/mol. The van der Waals surface area contributed by atoms with Gasteiger partial charge in [0.25, 0.3) is 10.0 Å². The van der Waals surface area contributed by atoms with Crippen LogP contribution in [0.1, 0.15) is 18.1 Å². The van der Waals surface area contributed by atoms with Crippen LogP contribution in [0.3, 0.4) is 0 Å². The highest BCUT2D eigenvalue weighted by Crippen LogP contribution is 2.42. The molecule has 1 aliphatic heterocycles. The first-order chi connectivity index (χ1) is 12.7. The summed E-state index contributed by atoms with van der Waals surface area (Å²) < 4.78 is 90.3. The number of nitrogens with zero attached hydrogens (tertiary/aromatic N) is 1. The van der Waals surface area contributed by atoms with E-state index in [9.17, 15) is 30.0 Å². The van der Waals surface area contributed by atoms with Crippen LogP contribution in [0, 0.1) is 0 Å². The molecule has 0 saturated carbocycles. The normalized spacial score (nSPS) is 17.6. The maximum absolute atomic E-state index is 13.4. The molecule has 6 nitrogen and oxygen atoms in total. The van der Waals surface area contributed by atoms with Gasteiger partial charge in [-0.3, -0.25) is 4.31 Å². The average molecular weight is 455 g/mol. The van der Waals surface area contributed by atoms with Crippen LogP contribution >= 0.6 is 11.6 Å². The van der Waals surface area contributed by atoms with E-state index in [0.29, 0.717) is 11.6 Å². The molecule has 1 atom stereocenters. The van der Waals surface area contributed by atoms with E-state index in [0.717, 1.165) is 22.5 Å². The molecule has 1 aliphatic rings. The molecular weight excluding hydrogens is 441 g/mol. The maximum Gasteiger partial charge on any atom is 0.417 e. The number of sulfonamides is 2. The highest BCUT2D eigenvalue weighted by molar-refractivity contribution is 7.93. The first-order valence-corrected chi connectivity index (χ1v) is 11.2. The Bertz CT molecular complexity index is 1160. The van der Waals surface area contributed by atoms with E-state index in [1.54, 1.807) is 0 Å². The van der Waals surface area contributed by atoms with Gasteiger partial charge < -0.3 is 0 Å². The zero-order valence-electron chi connectivity index (χ0n) is 14.2. The minimum absolute atomic E-state index is 0.1000. The molecular formula is C16H14ClF3N2O4S2. The number of rotatable bonds is 3. The first-order valence-electron chi connectivity index (χ1n) is 7.80. The van der Waals surface area contributed by atoms with Crippen LogP contribution < -0.4 is 9.44 Å². The van der Waals surface area contributed by atoms with Crippen molar-refractivity contribution in [1.29, 1.82) is 0 Å². The van der Waals surface area contributed by atoms with Crippen molar-refractivity contribution >= 4 is 37.3 Å². The molecule has 2 aromatic carbocycles. The molecule has 0 bridgehead atoms. The third-order valence-corrected chi connectivity index (χ3v) is 7.45. The summed E-state index contributed by atoms with van der Waals surface area (Å²) >= 11 is 5.63. The van der Waals surface area contributed by atoms with E-state index in [4.69, 9.17) is 16.7 Å². The van der Waals surface area contributed by atoms with Gasteiger partial charge in [0.1, 0.15) is 0 Å². The molecule has 0 aromatic heterocycles. The molecule has 2 N–H and O–H groups in total. The molecule has 0 fully saturated rings. The fourth-order valence-electron chi connectivity index (χ4n) is 3.18. The number of hydrogen-bond acceptors (Lipinski definition) is 4. The van der Waals surface area contributed by atoms with Crippen molar-refractivity contribution in [3.63, 3.8) is 0 Å². The number of primary sulfonamides is 1. The summed E-state index contributed by atoms with van der Waals surface area (Å²) in [7, 11) is -8.62. The Morgan fingerprint density at radius 3 is 2.32 bits per heavy atom. The summed E-state index contributed by atoms with van der Waals surface area (Å²) in [4.78, 5) is -1.14. The maximum atomic E-state index is 13.4. The van der Waals surface area contributed by atoms with Crippen molar-refractivity contribution in [3.8, 4) is 0 Å². The van der Waals surface area contributed by atoms with Crippen LogP contribution in [0.2, 0.25) is 5.02 Å². The lowest BCUT2D eigenvalue weighted by Crippen LogP contribution is -2.36. The summed E-state index contributed by atoms with van der Waals surface area (Å²) in [5.74, 6) is 0. The van der Waals surface area contributed by atoms with Gasteiger partial charge in [-0.25, -0.2) is 22.0 Å². The minimum Gasteiger partial charge on any atom is -0.263 e. The van der Waals surface area contributed by atoms with E-state index < -0.39 is 42.7 Å². The van der Waals surface area contributed by atoms with Crippen LogP contribution in [0.15, 0.2) is 46.2 Å². The quantitative estimate of drug-likeness (QED) is 0.770. The second kappa shape index (κ2) is 6.61. The Hall–Kier alpha value is -1.82. The van der Waals surface area contributed by atoms with Gasteiger partial charge in [0.05, 0.1) is 21.0 Å². The van der Waals surface area contributed by atoms with Gasteiger partial charge in [-0.15, -0.1) is 0 Å². The summed E-state index contributed by atoms with van der Waals surface area (Å²) in [6.45, 7) is 1.51. The zero-order valence-corrected chi connectivity index (χ0v) is 16.6. The molecule has 0 amide bonds. The highest BCUT2D eigenvalue weighted by Gasteiger charge is 2.43. The number of hydrogen-bond donors (Lipinski definition) is 1. The van der Waals surface area contributed by atoms with Crippen LogP contribution in [0.5, 0.6) is 0 Å². The standard InChI is InChI=1S/C16H14ClF3N2O4S2/c1-9-6-10-7-12(27(21,23)24)3-4-14(10)22(9)28(25,26)15-5-2-11(17)8-13(15)16(18,19)20/h2-5,7-9H,6H2,1H3,(H2,21,23,24). The average Bonchev–Trinajstić information content (AvgIpc) is 2.88. The molecule has 3 rings (SSSR count). The molecule has 28 heavy (non-hydrogen) atoms. The van der Waals surface area contributed by atoms with Gasteiger partial charge in [-0.2, -0.15) is 13.2 Å². The second-order valence-corrected chi connectivity index (χ2v) is 10.1. The predicted octanol–water partition coefficient (Wildman–Crippen LogP) is 3.15. The van der Waals surface area contributed by atoms with Gasteiger partial charge in [0, 0.05) is 11.1 Å². The van der Waals surface area contributed by atoms with Gasteiger partial charge in [-0.1, -0.05) is 11.6 Å². The van der Waals surface area contributed by atoms with E-state index >= 15 is 0 Å². The molecule has 12 heteroatoms. The lowest BCUT2D eigenvalue weighted by Gasteiger charge is -2.26. The third-order valence-electron chi connectivity index (χ3n) is 4.32. The van der Waals surface area contributed by atoms with E-state index in [1.807, 2.05) is 0 Å². The Balaban J connectivity index is 2.18. The van der Waals surface area contributed by atoms with Crippen LogP contribution in [0.25, 0.3) is 0 Å². The van der Waals surface area contributed by atoms with Gasteiger partial charge in [-0.05, 0) is 55.3 Å². The Kier molecular flexibility index (Phi) is 4.94. The lowest BCUT2D eigenvalue weighted by atomic mass is 10.1. The van der Waals surface area contributed by atoms with Gasteiger partial charge in [0.15, 0.2) is 0 Å². The van der Waals surface area contributed by atoms with E-state index in [1.165, 1.54) is 19.1 Å². The Labute approximate surface area is 164 Å². The molecule has 0 radical (unpaired) electrons. The Morgan fingerprint density at radius 1 is 1.11 bits per heavy atom. The van der Waals surface area contributed by atoms with Crippen LogP contribution in [0.4, 0.5) is 18.9 Å². The SMILES string of the molecule is CC1Cc2cc(S(N)(=O)=O)ccc2N1S(=O)(=O)c1ccc(Cl)cc1C(F)(F)F. The molecule has 0 spiro atoms. The third kappa shape index (κ3) is 3.59. The topological polar surface area (TPSA) is 97.5 Å². The number of alkyl halides is 3. The van der Waals surface area contributed by atoms with Crippen molar-refractivity contribution in [2.75, 3.05) is 4.31 Å². The van der Waals surface area contributed by atoms with Crippen LogP contribution in [-0.2, 0) is 32.6 Å². The molecule has 152 valence electrons. The smallest absolute Gasteiger partial charge is 0.263 e. The highest BCUT2D eigenvalue weighted by atomic mass is 35.5. The lowest BCUT2D eigenvalue weighted by molar-refractivity contribution is -0.139. The molecule has 1 unspecified atom stereocenters.